The molecule has 148 heavy (non-hydrogen) atoms. The lowest BCUT2D eigenvalue weighted by Crippen LogP contribution is -2.14. The first kappa shape index (κ1) is 103. The Morgan fingerprint density at radius 1 is 0.365 bits per heavy atom. The van der Waals surface area contributed by atoms with Crippen LogP contribution in [0, 0.1) is 69.1 Å². The van der Waals surface area contributed by atoms with Gasteiger partial charge in [-0.3, -0.25) is 38.7 Å². The number of halogens is 7. The normalized spacial score (nSPS) is 10.6. The van der Waals surface area contributed by atoms with Gasteiger partial charge in [-0.25, -0.2) is 62.4 Å². The highest BCUT2D eigenvalue weighted by Gasteiger charge is 2.21. The maximum Gasteiger partial charge on any atom is 0.275 e. The third-order valence-electron chi connectivity index (χ3n) is 20.3. The summed E-state index contributed by atoms with van der Waals surface area (Å²) in [6.45, 7) is 5.03. The molecule has 0 saturated heterocycles. The first-order valence-corrected chi connectivity index (χ1v) is 45.6. The topological polar surface area (TPSA) is 354 Å². The standard InChI is InChI=1S/C20H15ClN4O.C20H18FN3O.C19H17ClN4O.C19H15FN2O2.C18H13F2N3O2.C14H9FN4O2S.CH4/c1-3-14-5-4-6-15(7-14)20(26)24-17-8-16(21)9-18(10-17)25(2)19-11-22-13-23-12-19;1-14-5-3-6-15(9-14)20(25)23-17-10-16(21)11-19(12-17)24(2)18-7-4-8-22-13-18;1-13-4-3-5-14(8-13)19(25)23-15-6-7-17(20)18(9-15)24(2)16-10-21-12-22-11-16;1-13-4-2-5-14(8-13)19(23)22-16-9-15(20)10-18(11-16)24-17-6-3-7-21-12-17;1-11-3-2-4-12(5-11)18(24)23-13-6-15(19)17(20)16(7-13)25-14-8-21-10-22-9-14;15-9-1-10(19-14(20)13-6-22-8-18-13)3-11(2-9)21-12-4-16-7-17-5-12;/h1,4-13H,2H3,(H,24,26);3-13H,1-2H3,(H,23,25);3-12H,1-2H3,(H,23,25);2-12H,1H3,(H,22,23);2-10H,1H3,(H,23,24);1-8H,(H,19,20);1H4/i;;2D3;;;;. The molecule has 37 heteroatoms. The molecule has 18 rings (SSSR count). The average molecular weight is 2050 g/mol. The summed E-state index contributed by atoms with van der Waals surface area (Å²) in [7, 11) is 3.68. The molecule has 0 bridgehead atoms. The van der Waals surface area contributed by atoms with Gasteiger partial charge in [0.15, 0.2) is 23.1 Å². The molecule has 7 heterocycles. The minimum Gasteiger partial charge on any atom is -0.456 e. The first-order chi connectivity index (χ1) is 72.2. The van der Waals surface area contributed by atoms with E-state index < -0.39 is 47.9 Å². The van der Waals surface area contributed by atoms with Crippen molar-refractivity contribution in [1.82, 2.24) is 54.8 Å². The first-order valence-electron chi connectivity index (χ1n) is 45.4. The van der Waals surface area contributed by atoms with Crippen LogP contribution in [0.15, 0.2) is 359 Å². The van der Waals surface area contributed by atoms with Crippen LogP contribution in [-0.2, 0) is 0 Å². The number of carbonyl (C=O) groups excluding carboxylic acids is 6. The number of thiazole rings is 1. The zero-order chi connectivity index (χ0) is 107. The van der Waals surface area contributed by atoms with Crippen molar-refractivity contribution in [3.05, 3.63) is 460 Å². The fraction of sp³-hybridized carbons (Fsp3) is 0.0721. The quantitative estimate of drug-likeness (QED) is 0.0242. The van der Waals surface area contributed by atoms with Gasteiger partial charge in [-0.1, -0.05) is 113 Å². The molecular formula is C111H91Cl2F5N20O9S. The van der Waals surface area contributed by atoms with Crippen molar-refractivity contribution < 1.29 is 69.0 Å². The summed E-state index contributed by atoms with van der Waals surface area (Å²) in [5.74, 6) is -2.15. The largest absolute Gasteiger partial charge is 0.456 e. The minimum absolute atomic E-state index is 0. The van der Waals surface area contributed by atoms with E-state index in [2.05, 4.69) is 92.6 Å². The van der Waals surface area contributed by atoms with Crippen LogP contribution in [0.3, 0.4) is 0 Å². The number of aryl methyl sites for hydroxylation is 4. The van der Waals surface area contributed by atoms with Gasteiger partial charge in [-0.2, -0.15) is 4.39 Å². The average Bonchev–Trinajstić information content (AvgIpc) is 1.01. The van der Waals surface area contributed by atoms with E-state index in [-0.39, 0.29) is 87.5 Å². The molecule has 0 radical (unpaired) electrons. The summed E-state index contributed by atoms with van der Waals surface area (Å²) in [5.41, 5.74) is 14.3. The Hall–Kier alpha value is -18.9. The lowest BCUT2D eigenvalue weighted by atomic mass is 10.1. The zero-order valence-corrected chi connectivity index (χ0v) is 81.0. The molecule has 0 spiro atoms. The molecule has 0 fully saturated rings. The third kappa shape index (κ3) is 32.6. The van der Waals surface area contributed by atoms with Crippen LogP contribution < -0.4 is 60.8 Å². The summed E-state index contributed by atoms with van der Waals surface area (Å²) in [6, 6.07) is 66.9. The molecule has 6 amide bonds. The van der Waals surface area contributed by atoms with Gasteiger partial charge in [0.05, 0.1) is 95.3 Å². The summed E-state index contributed by atoms with van der Waals surface area (Å²) < 4.78 is 109. The predicted octanol–water partition coefficient (Wildman–Crippen LogP) is 25.6. The van der Waals surface area contributed by atoms with Crippen molar-refractivity contribution in [2.75, 3.05) is 67.7 Å². The number of carbonyl (C=O) groups is 6. The number of aromatic nitrogens is 11. The number of ether oxygens (including phenoxy) is 3. The number of terminal acetylenes is 1. The minimum atomic E-state index is -2.53. The maximum absolute atomic E-state index is 14.0. The fourth-order valence-electron chi connectivity index (χ4n) is 13.3. The number of hydrogen-bond acceptors (Lipinski definition) is 24. The molecule has 744 valence electrons. The Balaban J connectivity index is 0.000000160. The van der Waals surface area contributed by atoms with Gasteiger partial charge < -0.3 is 60.8 Å². The second kappa shape index (κ2) is 53.3. The van der Waals surface area contributed by atoms with Crippen molar-refractivity contribution in [2.24, 2.45) is 0 Å². The molecule has 7 aromatic heterocycles. The SMILES string of the molecule is C.C#Cc1cccc(C(=O)Nc2cc(Cl)cc(N(C)c3cncnc3)c2)c1.Cc1cccc(C(=O)Nc2cc(F)c(F)c(Oc3cncnc3)c2)c1.Cc1cccc(C(=O)Nc2cc(F)cc(N(C)c3cccnc3)c2)c1.Cc1cccc(C(=O)Nc2cc(F)cc(Oc3cccnc3)c2)c1.O=C(Nc1cc(F)cc(Oc2cncnc2)c1)c1cscn1.[2H]C([2H])([2H])N(c1cncnc1)c1cc(NC(=O)c2cccc(C)c2)ccc1Cl. The van der Waals surface area contributed by atoms with Gasteiger partial charge in [0.1, 0.15) is 65.7 Å². The number of nitrogens with zero attached hydrogens (tertiary/aromatic N) is 14. The van der Waals surface area contributed by atoms with Crippen LogP contribution in [-0.4, -0.2) is 111 Å². The second-order valence-corrected chi connectivity index (χ2v) is 33.0. The molecule has 0 unspecified atom stereocenters. The number of rotatable bonds is 24. The van der Waals surface area contributed by atoms with Gasteiger partial charge >= 0.3 is 0 Å². The second-order valence-electron chi connectivity index (χ2n) is 31.5. The lowest BCUT2D eigenvalue weighted by molar-refractivity contribution is 0.101. The van der Waals surface area contributed by atoms with Crippen LogP contribution >= 0.6 is 34.5 Å². The monoisotopic (exact) mass is 2050 g/mol. The van der Waals surface area contributed by atoms with Crippen molar-refractivity contribution in [2.45, 2.75) is 35.1 Å². The van der Waals surface area contributed by atoms with Crippen molar-refractivity contribution in [3.63, 3.8) is 0 Å². The molecule has 11 aromatic carbocycles. The van der Waals surface area contributed by atoms with Crippen LogP contribution in [0.5, 0.6) is 34.5 Å². The number of pyridine rings is 2. The molecule has 18 aromatic rings. The third-order valence-corrected chi connectivity index (χ3v) is 21.4. The molecule has 6 N–H and O–H groups in total. The van der Waals surface area contributed by atoms with Crippen molar-refractivity contribution in [1.29, 1.82) is 0 Å². The number of hydrogen-bond donors (Lipinski definition) is 6. The van der Waals surface area contributed by atoms with E-state index in [0.29, 0.717) is 78.3 Å². The molecular weight excluding hydrogens is 1960 g/mol. The zero-order valence-electron chi connectivity index (χ0n) is 81.6. The summed E-state index contributed by atoms with van der Waals surface area (Å²) in [6.07, 6.45) is 29.0. The van der Waals surface area contributed by atoms with Crippen LogP contribution in [0.4, 0.5) is 90.2 Å². The number of anilines is 12. The highest BCUT2D eigenvalue weighted by atomic mass is 35.5. The summed E-state index contributed by atoms with van der Waals surface area (Å²) >= 11 is 13.8. The highest BCUT2D eigenvalue weighted by Crippen LogP contribution is 2.37. The Labute approximate surface area is 866 Å². The van der Waals surface area contributed by atoms with E-state index in [9.17, 15) is 50.7 Å². The Morgan fingerprint density at radius 3 is 1.22 bits per heavy atom. The van der Waals surface area contributed by atoms with Crippen LogP contribution in [0.2, 0.25) is 10.0 Å². The van der Waals surface area contributed by atoms with E-state index >= 15 is 0 Å². The molecule has 0 aliphatic carbocycles. The van der Waals surface area contributed by atoms with Crippen LogP contribution in [0.25, 0.3) is 0 Å². The van der Waals surface area contributed by atoms with Crippen molar-refractivity contribution >= 4 is 138 Å². The molecule has 0 aliphatic rings. The number of nitrogens with one attached hydrogen (secondary N) is 6. The Bertz CT molecular complexity index is 7810. The summed E-state index contributed by atoms with van der Waals surface area (Å²) in [5, 5.41) is 18.5. The summed E-state index contributed by atoms with van der Waals surface area (Å²) in [4.78, 5) is 121. The number of amides is 6. The van der Waals surface area contributed by atoms with Gasteiger partial charge in [-0.05, 0) is 185 Å². The van der Waals surface area contributed by atoms with E-state index in [4.69, 9.17) is 47.9 Å². The van der Waals surface area contributed by atoms with E-state index in [0.717, 1.165) is 50.3 Å². The van der Waals surface area contributed by atoms with E-state index in [1.807, 2.05) is 95.2 Å². The Morgan fingerprint density at radius 2 is 0.764 bits per heavy atom. The smallest absolute Gasteiger partial charge is 0.275 e. The highest BCUT2D eigenvalue weighted by molar-refractivity contribution is 7.07. The van der Waals surface area contributed by atoms with Gasteiger partial charge in [0, 0.05) is 163 Å². The van der Waals surface area contributed by atoms with Gasteiger partial charge in [0.25, 0.3) is 35.4 Å². The van der Waals surface area contributed by atoms with E-state index in [1.165, 1.54) is 141 Å². The molecule has 29 nitrogen and oxygen atoms in total. The molecule has 0 saturated carbocycles. The molecule has 0 aliphatic heterocycles. The van der Waals surface area contributed by atoms with Crippen LogP contribution in [0.1, 0.15) is 102 Å². The predicted molar refractivity (Wildman–Crippen MR) is 565 cm³/mol. The van der Waals surface area contributed by atoms with E-state index in [1.54, 1.807) is 180 Å². The molecule has 0 atom stereocenters. The number of benzene rings is 11. The fourth-order valence-corrected chi connectivity index (χ4v) is 14.3. The Kier molecular flexibility index (Phi) is 37.2. The lowest BCUT2D eigenvalue weighted by Gasteiger charge is -2.20. The van der Waals surface area contributed by atoms with Gasteiger partial charge in [-0.15, -0.1) is 17.8 Å². The van der Waals surface area contributed by atoms with Crippen molar-refractivity contribution in [3.8, 4) is 46.8 Å². The maximum atomic E-state index is 14.0. The van der Waals surface area contributed by atoms with Gasteiger partial charge in [0.2, 0.25) is 5.82 Å².